The van der Waals surface area contributed by atoms with Gasteiger partial charge in [-0.15, -0.1) is 0 Å². The summed E-state index contributed by atoms with van der Waals surface area (Å²) < 4.78 is 0. The zero-order valence-electron chi connectivity index (χ0n) is 17.6. The molecule has 0 bridgehead atoms. The van der Waals surface area contributed by atoms with E-state index in [4.69, 9.17) is 4.98 Å². The van der Waals surface area contributed by atoms with E-state index in [0.717, 1.165) is 56.7 Å². The van der Waals surface area contributed by atoms with Crippen LogP contribution in [0.5, 0.6) is 0 Å². The minimum Gasteiger partial charge on any atom is -0.354 e. The molecule has 0 spiro atoms. The molecular weight excluding hydrogens is 370 g/mol. The van der Waals surface area contributed by atoms with Crippen molar-refractivity contribution >= 4 is 23.5 Å². The van der Waals surface area contributed by atoms with Crippen LogP contribution in [0.15, 0.2) is 79.0 Å². The average molecular weight is 400 g/mol. The van der Waals surface area contributed by atoms with Gasteiger partial charge in [-0.3, -0.25) is 4.90 Å². The van der Waals surface area contributed by atoms with Crippen LogP contribution in [0.1, 0.15) is 12.5 Å². The Kier molecular flexibility index (Phi) is 6.72. The fourth-order valence-electron chi connectivity index (χ4n) is 3.75. The largest absolute Gasteiger partial charge is 0.354 e. The molecule has 4 rings (SSSR count). The molecule has 0 aliphatic carbocycles. The molecule has 0 unspecified atom stereocenters. The Morgan fingerprint density at radius 1 is 0.900 bits per heavy atom. The van der Waals surface area contributed by atoms with Crippen molar-refractivity contribution in [2.75, 3.05) is 49.1 Å². The molecular formula is C25H29N5. The van der Waals surface area contributed by atoms with Crippen LogP contribution < -0.4 is 9.80 Å². The molecule has 0 N–H and O–H groups in total. The highest BCUT2D eigenvalue weighted by molar-refractivity contribution is 5.58. The summed E-state index contributed by atoms with van der Waals surface area (Å²) in [5.41, 5.74) is 2.37. The zero-order chi connectivity index (χ0) is 20.6. The molecule has 30 heavy (non-hydrogen) atoms. The average Bonchev–Trinajstić information content (AvgIpc) is 2.82. The molecule has 5 nitrogen and oxygen atoms in total. The summed E-state index contributed by atoms with van der Waals surface area (Å²) in [7, 11) is 0. The molecule has 1 fully saturated rings. The lowest BCUT2D eigenvalue weighted by Crippen LogP contribution is -2.46. The number of aromatic nitrogens is 2. The molecule has 5 heteroatoms. The van der Waals surface area contributed by atoms with Gasteiger partial charge in [-0.2, -0.15) is 4.98 Å². The lowest BCUT2D eigenvalue weighted by atomic mass is 10.2. The standard InChI is InChI=1S/C25H29N5/c1-2-30(23-13-7-4-8-14-23)25-26-16-15-24(27-25)29-20-18-28(19-21-29)17-9-12-22-10-5-3-6-11-22/h3-16H,2,17-21H2,1H3/b12-9+. The van der Waals surface area contributed by atoms with Gasteiger partial charge in [0.05, 0.1) is 0 Å². The monoisotopic (exact) mass is 399 g/mol. The summed E-state index contributed by atoms with van der Waals surface area (Å²) in [6, 6.07) is 22.8. The van der Waals surface area contributed by atoms with Crippen LogP contribution in [-0.4, -0.2) is 54.1 Å². The van der Waals surface area contributed by atoms with Crippen LogP contribution in [0, 0.1) is 0 Å². The topological polar surface area (TPSA) is 35.5 Å². The van der Waals surface area contributed by atoms with E-state index in [1.165, 1.54) is 5.56 Å². The van der Waals surface area contributed by atoms with Crippen molar-refractivity contribution in [3.63, 3.8) is 0 Å². The van der Waals surface area contributed by atoms with Crippen molar-refractivity contribution in [2.24, 2.45) is 0 Å². The molecule has 1 aliphatic rings. The number of nitrogens with zero attached hydrogens (tertiary/aromatic N) is 5. The van der Waals surface area contributed by atoms with Crippen molar-refractivity contribution in [2.45, 2.75) is 6.92 Å². The van der Waals surface area contributed by atoms with Gasteiger partial charge in [-0.1, -0.05) is 60.7 Å². The molecule has 0 radical (unpaired) electrons. The third kappa shape index (κ3) is 5.05. The zero-order valence-corrected chi connectivity index (χ0v) is 17.6. The predicted octanol–water partition coefficient (Wildman–Crippen LogP) is 4.47. The maximum atomic E-state index is 4.88. The van der Waals surface area contributed by atoms with Crippen molar-refractivity contribution < 1.29 is 0 Å². The Balaban J connectivity index is 1.36. The van der Waals surface area contributed by atoms with E-state index in [-0.39, 0.29) is 0 Å². The second-order valence-corrected chi connectivity index (χ2v) is 7.40. The van der Waals surface area contributed by atoms with E-state index in [0.29, 0.717) is 0 Å². The Bertz CT molecular complexity index is 934. The SMILES string of the molecule is CCN(c1ccccc1)c1nccc(N2CCN(C/C=C/c3ccccc3)CC2)n1. The van der Waals surface area contributed by atoms with E-state index in [2.05, 4.69) is 81.2 Å². The number of benzene rings is 2. The van der Waals surface area contributed by atoms with E-state index >= 15 is 0 Å². The summed E-state index contributed by atoms with van der Waals surface area (Å²) >= 11 is 0. The highest BCUT2D eigenvalue weighted by Gasteiger charge is 2.19. The molecule has 3 aromatic rings. The number of anilines is 3. The highest BCUT2D eigenvalue weighted by Crippen LogP contribution is 2.23. The van der Waals surface area contributed by atoms with E-state index < -0.39 is 0 Å². The first-order valence-electron chi connectivity index (χ1n) is 10.7. The minimum atomic E-state index is 0.759. The van der Waals surface area contributed by atoms with Crippen LogP contribution in [0.2, 0.25) is 0 Å². The Hall–Kier alpha value is -3.18. The number of para-hydroxylation sites is 1. The second-order valence-electron chi connectivity index (χ2n) is 7.40. The predicted molar refractivity (Wildman–Crippen MR) is 125 cm³/mol. The summed E-state index contributed by atoms with van der Waals surface area (Å²) in [5, 5.41) is 0. The Morgan fingerprint density at radius 2 is 1.60 bits per heavy atom. The third-order valence-corrected chi connectivity index (χ3v) is 5.42. The molecule has 2 aromatic carbocycles. The summed E-state index contributed by atoms with van der Waals surface area (Å²) in [6.07, 6.45) is 6.33. The molecule has 154 valence electrons. The lowest BCUT2D eigenvalue weighted by Gasteiger charge is -2.35. The van der Waals surface area contributed by atoms with E-state index in [9.17, 15) is 0 Å². The van der Waals surface area contributed by atoms with Gasteiger partial charge in [0.2, 0.25) is 5.95 Å². The lowest BCUT2D eigenvalue weighted by molar-refractivity contribution is 0.283. The van der Waals surface area contributed by atoms with Crippen molar-refractivity contribution in [3.8, 4) is 0 Å². The van der Waals surface area contributed by atoms with Crippen LogP contribution in [0.3, 0.4) is 0 Å². The first-order valence-corrected chi connectivity index (χ1v) is 10.7. The molecule has 1 aromatic heterocycles. The van der Waals surface area contributed by atoms with E-state index in [1.807, 2.05) is 30.5 Å². The number of hydrogen-bond acceptors (Lipinski definition) is 5. The highest BCUT2D eigenvalue weighted by atomic mass is 15.3. The van der Waals surface area contributed by atoms with Crippen LogP contribution in [-0.2, 0) is 0 Å². The normalized spacial score (nSPS) is 14.9. The quantitative estimate of drug-likeness (QED) is 0.586. The van der Waals surface area contributed by atoms with Crippen molar-refractivity contribution in [1.29, 1.82) is 0 Å². The van der Waals surface area contributed by atoms with Crippen LogP contribution in [0.4, 0.5) is 17.5 Å². The first-order chi connectivity index (χ1) is 14.8. The van der Waals surface area contributed by atoms with Gasteiger partial charge in [0.1, 0.15) is 5.82 Å². The maximum absolute atomic E-state index is 4.88. The van der Waals surface area contributed by atoms with Gasteiger partial charge < -0.3 is 9.80 Å². The van der Waals surface area contributed by atoms with Gasteiger partial charge in [0.25, 0.3) is 0 Å². The molecule has 1 aliphatic heterocycles. The van der Waals surface area contributed by atoms with Crippen molar-refractivity contribution in [1.82, 2.24) is 14.9 Å². The fourth-order valence-corrected chi connectivity index (χ4v) is 3.75. The molecule has 0 amide bonds. The number of rotatable bonds is 7. The van der Waals surface area contributed by atoms with Gasteiger partial charge >= 0.3 is 0 Å². The van der Waals surface area contributed by atoms with Gasteiger partial charge in [0.15, 0.2) is 0 Å². The first kappa shape index (κ1) is 20.1. The maximum Gasteiger partial charge on any atom is 0.231 e. The minimum absolute atomic E-state index is 0.759. The third-order valence-electron chi connectivity index (χ3n) is 5.42. The van der Waals surface area contributed by atoms with Gasteiger partial charge in [-0.25, -0.2) is 4.98 Å². The molecule has 0 saturated carbocycles. The van der Waals surface area contributed by atoms with Gasteiger partial charge in [0, 0.05) is 51.2 Å². The second kappa shape index (κ2) is 10.0. The van der Waals surface area contributed by atoms with Crippen LogP contribution >= 0.6 is 0 Å². The molecule has 1 saturated heterocycles. The van der Waals surface area contributed by atoms with Gasteiger partial charge in [-0.05, 0) is 30.7 Å². The number of piperazine rings is 1. The number of hydrogen-bond donors (Lipinski definition) is 0. The molecule has 0 atom stereocenters. The molecule has 2 heterocycles. The Morgan fingerprint density at radius 3 is 2.30 bits per heavy atom. The Labute approximate surface area is 179 Å². The fraction of sp³-hybridized carbons (Fsp3) is 0.280. The summed E-state index contributed by atoms with van der Waals surface area (Å²) in [6.45, 7) is 7.97. The summed E-state index contributed by atoms with van der Waals surface area (Å²) in [4.78, 5) is 16.4. The summed E-state index contributed by atoms with van der Waals surface area (Å²) in [5.74, 6) is 1.77. The van der Waals surface area contributed by atoms with E-state index in [1.54, 1.807) is 0 Å². The van der Waals surface area contributed by atoms with Crippen LogP contribution in [0.25, 0.3) is 6.08 Å². The van der Waals surface area contributed by atoms with Crippen molar-refractivity contribution in [3.05, 3.63) is 84.6 Å². The smallest absolute Gasteiger partial charge is 0.231 e.